The lowest BCUT2D eigenvalue weighted by Gasteiger charge is -2.50. The molecule has 0 N–H and O–H groups in total. The van der Waals surface area contributed by atoms with Crippen molar-refractivity contribution in [2.45, 2.75) is 102 Å². The summed E-state index contributed by atoms with van der Waals surface area (Å²) in [6, 6.07) is 12.6. The van der Waals surface area contributed by atoms with Crippen LogP contribution in [-0.2, 0) is 0 Å². The van der Waals surface area contributed by atoms with Gasteiger partial charge in [-0.1, -0.05) is 65.7 Å². The van der Waals surface area contributed by atoms with Gasteiger partial charge in [-0.25, -0.2) is 0 Å². The fourth-order valence-electron chi connectivity index (χ4n) is 4.19. The van der Waals surface area contributed by atoms with Crippen LogP contribution in [0, 0.1) is 0 Å². The third kappa shape index (κ3) is 5.00. The Hall–Kier alpha value is 1.92. The van der Waals surface area contributed by atoms with Crippen molar-refractivity contribution < 1.29 is 0 Å². The van der Waals surface area contributed by atoms with Crippen molar-refractivity contribution in [2.75, 3.05) is 0 Å². The highest BCUT2D eigenvalue weighted by molar-refractivity contribution is 8.85. The first-order valence-corrected chi connectivity index (χ1v) is 27.3. The minimum atomic E-state index is -1.11. The summed E-state index contributed by atoms with van der Waals surface area (Å²) in [4.78, 5) is 0. The third-order valence-electron chi connectivity index (χ3n) is 6.34. The summed E-state index contributed by atoms with van der Waals surface area (Å²) in [7, 11) is 6.17. The van der Waals surface area contributed by atoms with E-state index in [4.69, 9.17) is 0 Å². The molecule has 136 valence electrons. The molecule has 0 saturated carbocycles. The van der Waals surface area contributed by atoms with Crippen molar-refractivity contribution in [2.24, 2.45) is 0 Å². The van der Waals surface area contributed by atoms with Crippen molar-refractivity contribution in [1.82, 2.24) is 0 Å². The maximum Gasteiger partial charge on any atom is 0.165 e. The molecule has 2 heterocycles. The maximum atomic E-state index is 2.74. The normalized spacial score (nSPS) is 45.1. The first kappa shape index (κ1) is 21.2. The molecule has 0 nitrogen and oxygen atoms in total. The van der Waals surface area contributed by atoms with E-state index in [1.165, 1.54) is 12.1 Å². The molecular formula is C16H38S3Si4. The van der Waals surface area contributed by atoms with Gasteiger partial charge in [0.2, 0.25) is 0 Å². The Morgan fingerprint density at radius 1 is 0.652 bits per heavy atom. The van der Waals surface area contributed by atoms with Crippen LogP contribution in [0.1, 0.15) is 40.5 Å². The highest BCUT2D eigenvalue weighted by atomic mass is 32.8. The predicted molar refractivity (Wildman–Crippen MR) is 128 cm³/mol. The average molecular weight is 439 g/mol. The fourth-order valence-corrected chi connectivity index (χ4v) is 94.6. The molecule has 0 amide bonds. The number of hydrogen-bond acceptors (Lipinski definition) is 3. The average Bonchev–Trinajstić information content (AvgIpc) is 2.55. The highest BCUT2D eigenvalue weighted by Gasteiger charge is 2.52. The zero-order valence-corrected chi connectivity index (χ0v) is 22.7. The lowest BCUT2D eigenvalue weighted by atomic mass is 10.6. The Labute approximate surface area is 160 Å². The first-order chi connectivity index (χ1) is 10.8. The van der Waals surface area contributed by atoms with E-state index in [0.717, 1.165) is 0 Å². The molecule has 4 atom stereocenters. The summed E-state index contributed by atoms with van der Waals surface area (Å²) in [5, 5.41) is 0. The zero-order chi connectivity index (χ0) is 17.2. The van der Waals surface area contributed by atoms with Crippen LogP contribution in [0.4, 0.5) is 0 Å². The summed E-state index contributed by atoms with van der Waals surface area (Å²) < 4.78 is 0. The molecule has 0 radical (unpaired) electrons. The van der Waals surface area contributed by atoms with Gasteiger partial charge in [0.05, 0.1) is 0 Å². The predicted octanol–water partition coefficient (Wildman–Crippen LogP) is 8.11. The zero-order valence-electron chi connectivity index (χ0n) is 16.3. The Morgan fingerprint density at radius 2 is 1.04 bits per heavy atom. The van der Waals surface area contributed by atoms with Crippen LogP contribution in [0.25, 0.3) is 0 Å². The monoisotopic (exact) mass is 438 g/mol. The van der Waals surface area contributed by atoms with Crippen LogP contribution in [-0.4, -0.2) is 27.2 Å². The van der Waals surface area contributed by atoms with E-state index in [-0.39, 0.29) is 0 Å². The molecule has 2 aliphatic rings. The Balaban J connectivity index is 2.21. The molecule has 2 fully saturated rings. The number of hydrogen-bond donors (Lipinski definition) is 0. The second-order valence-electron chi connectivity index (χ2n) is 8.15. The van der Waals surface area contributed by atoms with Gasteiger partial charge in [0, 0.05) is 0 Å². The molecule has 23 heavy (non-hydrogen) atoms. The molecular weight excluding hydrogens is 401 g/mol. The molecule has 2 saturated heterocycles. The SMILES string of the molecule is CC[Si]1(C)CCC[Si](CC)(S[Si]2(CC)CCC[Si](C)(CC)S2)S1. The smallest absolute Gasteiger partial charge is 0.165 e. The van der Waals surface area contributed by atoms with Crippen molar-refractivity contribution >= 4 is 59.2 Å². The minimum absolute atomic E-state index is 0.959. The van der Waals surface area contributed by atoms with Gasteiger partial charge in [-0.05, 0) is 36.3 Å². The van der Waals surface area contributed by atoms with E-state index in [2.05, 4.69) is 72.8 Å². The van der Waals surface area contributed by atoms with Crippen LogP contribution in [0.3, 0.4) is 0 Å². The van der Waals surface area contributed by atoms with Gasteiger partial charge in [0.25, 0.3) is 0 Å². The van der Waals surface area contributed by atoms with Crippen LogP contribution < -0.4 is 0 Å². The van der Waals surface area contributed by atoms with Crippen molar-refractivity contribution in [3.05, 3.63) is 0 Å². The summed E-state index contributed by atoms with van der Waals surface area (Å²) in [6.45, 7) is 15.5. The molecule has 0 aromatic rings. The van der Waals surface area contributed by atoms with E-state index in [0.29, 0.717) is 0 Å². The minimum Gasteiger partial charge on any atom is -0.195 e. The van der Waals surface area contributed by atoms with E-state index < -0.39 is 27.2 Å². The molecule has 0 aliphatic carbocycles. The van der Waals surface area contributed by atoms with Crippen molar-refractivity contribution in [1.29, 1.82) is 0 Å². The first-order valence-electron chi connectivity index (χ1n) is 9.88. The van der Waals surface area contributed by atoms with Crippen molar-refractivity contribution in [3.8, 4) is 0 Å². The summed E-state index contributed by atoms with van der Waals surface area (Å²) in [5.41, 5.74) is 0. The second kappa shape index (κ2) is 8.29. The standard InChI is InChI=1S/C16H38S3Si4/c1-7-20(5)13-11-15-22(9-3,17-20)19-23(10-4)16-12-14-21(6,8-2)18-23/h7-16H2,1-6H3. The lowest BCUT2D eigenvalue weighted by molar-refractivity contribution is 1.02. The van der Waals surface area contributed by atoms with Gasteiger partial charge in [0.1, 0.15) is 14.4 Å². The molecule has 0 aromatic heterocycles. The molecule has 7 heteroatoms. The van der Waals surface area contributed by atoms with Crippen LogP contribution in [0.2, 0.25) is 61.4 Å². The van der Waals surface area contributed by atoms with Crippen LogP contribution in [0.15, 0.2) is 0 Å². The van der Waals surface area contributed by atoms with Crippen LogP contribution in [0.5, 0.6) is 0 Å². The molecule has 0 bridgehead atoms. The fraction of sp³-hybridized carbons (Fsp3) is 1.00. The molecule has 0 aromatic carbocycles. The summed E-state index contributed by atoms with van der Waals surface area (Å²) in [6.07, 6.45) is 0.941. The van der Waals surface area contributed by atoms with Gasteiger partial charge < -0.3 is 0 Å². The molecule has 2 aliphatic heterocycles. The number of rotatable bonds is 6. The van der Waals surface area contributed by atoms with E-state index in [1.807, 2.05) is 0 Å². The summed E-state index contributed by atoms with van der Waals surface area (Å²) >= 11 is 0. The largest absolute Gasteiger partial charge is 0.195 e. The third-order valence-corrected chi connectivity index (χ3v) is 66.6. The second-order valence-corrected chi connectivity index (χ2v) is 47.2. The molecule has 4 unspecified atom stereocenters. The Kier molecular flexibility index (Phi) is 7.65. The van der Waals surface area contributed by atoms with Crippen LogP contribution >= 0.6 is 32.0 Å². The van der Waals surface area contributed by atoms with Gasteiger partial charge in [0.15, 0.2) is 12.7 Å². The van der Waals surface area contributed by atoms with Gasteiger partial charge in [-0.15, -0.1) is 0 Å². The highest BCUT2D eigenvalue weighted by Crippen LogP contribution is 2.61. The van der Waals surface area contributed by atoms with Gasteiger partial charge >= 0.3 is 0 Å². The van der Waals surface area contributed by atoms with E-state index >= 15 is 0 Å². The molecule has 0 spiro atoms. The quantitative estimate of drug-likeness (QED) is 0.384. The van der Waals surface area contributed by atoms with Gasteiger partial charge in [-0.2, -0.15) is 32.0 Å². The summed E-state index contributed by atoms with van der Waals surface area (Å²) in [5.74, 6) is 0. The topological polar surface area (TPSA) is 0 Å². The Morgan fingerprint density at radius 3 is 1.35 bits per heavy atom. The van der Waals surface area contributed by atoms with Gasteiger partial charge in [-0.3, -0.25) is 0 Å². The van der Waals surface area contributed by atoms with E-state index in [1.54, 1.807) is 49.1 Å². The van der Waals surface area contributed by atoms with Crippen molar-refractivity contribution in [3.63, 3.8) is 0 Å². The Bertz CT molecular complexity index is 377. The molecule has 2 rings (SSSR count). The lowest BCUT2D eigenvalue weighted by Crippen LogP contribution is -2.49. The maximum absolute atomic E-state index is 2.74. The van der Waals surface area contributed by atoms with E-state index in [9.17, 15) is 0 Å².